The van der Waals surface area contributed by atoms with Crippen LogP contribution in [0.2, 0.25) is 0 Å². The van der Waals surface area contributed by atoms with Crippen molar-refractivity contribution in [2.75, 3.05) is 31.7 Å². The van der Waals surface area contributed by atoms with Gasteiger partial charge in [0.15, 0.2) is 34.7 Å². The number of imide groups is 1. The lowest BCUT2D eigenvalue weighted by atomic mass is 9.72. The molecule has 16 N–H and O–H groups in total. The molecule has 80 heavy (non-hydrogen) atoms. The number of nitrogens with one attached hydrogen (secondary N) is 3. The van der Waals surface area contributed by atoms with Crippen molar-refractivity contribution in [3.05, 3.63) is 65.8 Å². The van der Waals surface area contributed by atoms with E-state index in [2.05, 4.69) is 47.7 Å². The van der Waals surface area contributed by atoms with Crippen LogP contribution in [-0.4, -0.2) is 174 Å². The first-order chi connectivity index (χ1) is 37.9. The van der Waals surface area contributed by atoms with E-state index in [0.29, 0.717) is 42.8 Å². The third kappa shape index (κ3) is 19.4. The van der Waals surface area contributed by atoms with E-state index < -0.39 is 84.8 Å². The number of aromatic nitrogens is 7. The summed E-state index contributed by atoms with van der Waals surface area (Å²) in [5.74, 6) is -1.25. The number of aliphatic hydroxyl groups is 8. The van der Waals surface area contributed by atoms with Gasteiger partial charge in [-0.3, -0.25) is 34.4 Å². The summed E-state index contributed by atoms with van der Waals surface area (Å²) in [6.45, 7) is 7.85. The average Bonchev–Trinajstić information content (AvgIpc) is 4.31. The number of carbonyl (C=O) groups is 3. The van der Waals surface area contributed by atoms with Gasteiger partial charge in [-0.15, -0.1) is 0 Å². The Labute approximate surface area is 474 Å². The minimum absolute atomic E-state index is 0. The molecule has 7 heterocycles. The minimum atomic E-state index is -1.38. The number of aliphatic hydroxyl groups excluding tert-OH is 8. The number of aromatic hydroxyl groups is 1. The number of anilines is 1. The number of amides is 3. The summed E-state index contributed by atoms with van der Waals surface area (Å²) in [7, 11) is 0. The Kier molecular flexibility index (Phi) is 30.6. The Morgan fingerprint density at radius 2 is 1.46 bits per heavy atom. The van der Waals surface area contributed by atoms with E-state index in [-0.39, 0.29) is 50.2 Å². The molecule has 0 bridgehead atoms. The lowest BCUT2D eigenvalue weighted by Crippen LogP contribution is -3.00. The maximum atomic E-state index is 12.0. The molecule has 3 aliphatic heterocycles. The number of pyridine rings is 1. The van der Waals surface area contributed by atoms with Crippen LogP contribution in [0.4, 0.5) is 5.82 Å². The molecule has 0 saturated carbocycles. The third-order valence-electron chi connectivity index (χ3n) is 14.4. The van der Waals surface area contributed by atoms with Gasteiger partial charge >= 0.3 is 1.43 Å². The molecule has 4 aromatic rings. The summed E-state index contributed by atoms with van der Waals surface area (Å²) in [5, 5.41) is 97.0. The zero-order chi connectivity index (χ0) is 58.1. The molecule has 0 aromatic carbocycles. The number of unbranched alkanes of at least 4 members (excludes halogenated alkanes) is 12. The molecule has 3 amide bonds. The number of H-pyrrole nitrogens is 1. The van der Waals surface area contributed by atoms with Crippen molar-refractivity contribution in [2.45, 2.75) is 203 Å². The fraction of sp³-hybridized carbons (Fsp3) is 0.667. The molecule has 7 rings (SSSR count). The molecule has 4 aromatic heterocycles. The Morgan fingerprint density at radius 3 is 1.98 bits per heavy atom. The lowest BCUT2D eigenvalue weighted by molar-refractivity contribution is -0.138. The molecule has 3 saturated heterocycles. The molecule has 0 radical (unpaired) electrons. The molecule has 0 aliphatic carbocycles. The van der Waals surface area contributed by atoms with E-state index in [1.165, 1.54) is 99.8 Å². The quantitative estimate of drug-likeness (QED) is 0.0216. The predicted octanol–water partition coefficient (Wildman–Crippen LogP) is -0.385. The minimum Gasteiger partial charge on any atom is -1.00 e. The van der Waals surface area contributed by atoms with Crippen molar-refractivity contribution in [1.29, 1.82) is 0 Å². The van der Waals surface area contributed by atoms with Crippen molar-refractivity contribution >= 4 is 34.7 Å². The molecule has 450 valence electrons. The zero-order valence-electron chi connectivity index (χ0n) is 47.4. The van der Waals surface area contributed by atoms with Crippen LogP contribution in [-0.2, 0) is 24.5 Å². The van der Waals surface area contributed by atoms with E-state index >= 15 is 0 Å². The van der Waals surface area contributed by atoms with E-state index in [1.54, 1.807) is 12.4 Å². The molecule has 1 unspecified atom stereocenters. The molecule has 3 aliphatic rings. The van der Waals surface area contributed by atoms with Gasteiger partial charge < -0.3 is 84.6 Å². The van der Waals surface area contributed by atoms with Crippen LogP contribution in [0.15, 0.2) is 48.8 Å². The summed E-state index contributed by atoms with van der Waals surface area (Å²) >= 11 is 0. The van der Waals surface area contributed by atoms with E-state index in [4.69, 9.17) is 31.2 Å². The van der Waals surface area contributed by atoms with Gasteiger partial charge in [0.05, 0.1) is 43.7 Å². The Balaban J connectivity index is 0.000000370. The van der Waals surface area contributed by atoms with Gasteiger partial charge in [0.25, 0.3) is 5.91 Å². The molecule has 26 heteroatoms. The van der Waals surface area contributed by atoms with Crippen molar-refractivity contribution in [1.82, 2.24) is 40.0 Å². The second-order valence-corrected chi connectivity index (χ2v) is 20.4. The number of rotatable bonds is 26. The standard InChI is InChI=1S/C18H39NO2.C15H21N5O4.C12H14N2O2.C9H13N3O6.ClH/c1-2-3-4-5-6-7-8-9-10-11-12-13-14-15-18(21)17(19)16-20;1-8(2)3-4-16-13-10-14(18-6-17-13)20(7-19-10)15-12(23)11(22)9(5-21)24-15;1-2-12(9-4-7-13-8-5-9)6-3-10(15)14-11(12)16;10-9(17)4-6(15)3(11-12-4)8-7(16)5(14)2(1-13)18-8;/h17-18,20-21H,2-16,19H2,1H3;3,6-7,9,11-12,15,21-23H,4-5H2,1-2H3,(H,16,17,18);4-5,7-8H,2-3,6H2,1H3,(H,14,15,16);2,5,7-8,13-16H,1H2,(H2,10,17)(H,11,12);1H/t17-,18-;9-,11-,12-,15-;;2-,5-,7-,8+;/m01.1./s1. The van der Waals surface area contributed by atoms with Gasteiger partial charge in [0, 0.05) is 25.4 Å². The topological polar surface area (TPSA) is 413 Å². The number of allylic oxidation sites excluding steroid dienone is 1. The first kappa shape index (κ1) is 69.0. The van der Waals surface area contributed by atoms with Crippen LogP contribution in [0.3, 0.4) is 0 Å². The molecule has 0 spiro atoms. The summed E-state index contributed by atoms with van der Waals surface area (Å²) in [5.41, 5.74) is 12.7. The maximum absolute atomic E-state index is 12.0. The summed E-state index contributed by atoms with van der Waals surface area (Å²) < 4.78 is 12.2. The summed E-state index contributed by atoms with van der Waals surface area (Å²) in [6.07, 6.45) is 18.5. The number of nitrogens with zero attached hydrogens (tertiary/aromatic N) is 6. The van der Waals surface area contributed by atoms with Crippen LogP contribution in [0.5, 0.6) is 5.75 Å². The number of hydrogen-bond donors (Lipinski definition) is 14. The van der Waals surface area contributed by atoms with Crippen LogP contribution < -0.4 is 34.5 Å². The van der Waals surface area contributed by atoms with Gasteiger partial charge in [-0.05, 0) is 50.8 Å². The van der Waals surface area contributed by atoms with E-state index in [0.717, 1.165) is 18.4 Å². The summed E-state index contributed by atoms with van der Waals surface area (Å²) in [4.78, 5) is 50.7. The number of halogens is 1. The van der Waals surface area contributed by atoms with Crippen molar-refractivity contribution < 1.29 is 83.6 Å². The van der Waals surface area contributed by atoms with Gasteiger partial charge in [0.1, 0.15) is 54.7 Å². The predicted molar refractivity (Wildman–Crippen MR) is 293 cm³/mol. The van der Waals surface area contributed by atoms with E-state index in [9.17, 15) is 50.1 Å². The van der Waals surface area contributed by atoms with Crippen LogP contribution >= 0.6 is 0 Å². The molecular weight excluding hydrogens is 1060 g/mol. The SMILES string of the molecule is CC(C)=CCNc1ncnc2c1ncn2[C@@H]1O[C@H](CO)[C@@H](O)[C@H]1O.CCC1(c2ccncc2)CCC(=O)NC1=O.CCCCCCCCCCCCCCC[C@H](O)[C@@H](N)CO.NC(=O)c1[nH]nc([C@@H]2O[C@H](CO)[C@@H](O)[C@H]2O)c1O.[Cl-].[H+]. The highest BCUT2D eigenvalue weighted by atomic mass is 35.5. The van der Waals surface area contributed by atoms with E-state index in [1.807, 2.05) is 39.0 Å². The molecule has 3 fully saturated rings. The number of primary amides is 1. The molecule has 25 nitrogen and oxygen atoms in total. The van der Waals surface area contributed by atoms with Gasteiger partial charge in [-0.1, -0.05) is 109 Å². The van der Waals surface area contributed by atoms with Crippen LogP contribution in [0.1, 0.15) is 172 Å². The number of hydrogen-bond acceptors (Lipinski definition) is 21. The van der Waals surface area contributed by atoms with Crippen molar-refractivity contribution in [3.63, 3.8) is 0 Å². The second-order valence-electron chi connectivity index (χ2n) is 20.4. The number of imidazole rings is 1. The highest BCUT2D eigenvalue weighted by Gasteiger charge is 2.47. The van der Waals surface area contributed by atoms with Gasteiger partial charge in [0.2, 0.25) is 11.8 Å². The molecule has 11 atom stereocenters. The highest BCUT2D eigenvalue weighted by Crippen LogP contribution is 2.38. The molecular formula is C54H88ClN11O14. The largest absolute Gasteiger partial charge is 1.00 e. The summed E-state index contributed by atoms with van der Waals surface area (Å²) in [6, 6.07) is 3.22. The fourth-order valence-electron chi connectivity index (χ4n) is 9.42. The third-order valence-corrected chi connectivity index (χ3v) is 14.4. The first-order valence-electron chi connectivity index (χ1n) is 27.6. The average molecular weight is 1150 g/mol. The highest BCUT2D eigenvalue weighted by molar-refractivity contribution is 6.03. The second kappa shape index (κ2) is 35.5. The zero-order valence-corrected chi connectivity index (χ0v) is 47.2. The number of ether oxygens (including phenoxy) is 2. The maximum Gasteiger partial charge on any atom is 1.00 e. The van der Waals surface area contributed by atoms with Gasteiger partial charge in [-0.2, -0.15) is 5.10 Å². The van der Waals surface area contributed by atoms with Gasteiger partial charge in [-0.25, -0.2) is 15.0 Å². The smallest absolute Gasteiger partial charge is 1.00 e. The fourth-order valence-corrected chi connectivity index (χ4v) is 9.42. The Morgan fingerprint density at radius 1 is 0.875 bits per heavy atom. The van der Waals surface area contributed by atoms with Crippen LogP contribution in [0.25, 0.3) is 11.2 Å². The monoisotopic (exact) mass is 1150 g/mol. The Hall–Kier alpha value is -5.29. The van der Waals surface area contributed by atoms with Crippen molar-refractivity contribution in [2.24, 2.45) is 11.5 Å². The first-order valence-corrected chi connectivity index (χ1v) is 27.6. The lowest BCUT2D eigenvalue weighted by Gasteiger charge is -2.34. The number of aromatic amines is 1. The Bertz CT molecular complexity index is 2480. The number of piperidine rings is 1. The number of fused-ring (bicyclic) bond motifs is 1. The normalized spacial score (nSPS) is 24.0. The van der Waals surface area contributed by atoms with Crippen LogP contribution in [0, 0.1) is 0 Å². The number of nitrogens with two attached hydrogens (primary N) is 2. The number of carbonyl (C=O) groups excluding carboxylic acids is 3. The van der Waals surface area contributed by atoms with Crippen molar-refractivity contribution in [3.8, 4) is 5.75 Å².